The van der Waals surface area contributed by atoms with E-state index in [1.807, 2.05) is 48.5 Å². The summed E-state index contributed by atoms with van der Waals surface area (Å²) in [4.78, 5) is 2.36. The Kier molecular flexibility index (Phi) is 5.25. The Morgan fingerprint density at radius 2 is 0.848 bits per heavy atom. The minimum Gasteiger partial charge on any atom is -0.456 e. The fourth-order valence-electron chi connectivity index (χ4n) is 7.10. The number of anilines is 3. The van der Waals surface area contributed by atoms with Gasteiger partial charge in [-0.2, -0.15) is 0 Å². The Hall–Kier alpha value is -6.26. The van der Waals surface area contributed by atoms with Crippen LogP contribution in [0.1, 0.15) is 0 Å². The van der Waals surface area contributed by atoms with Crippen molar-refractivity contribution in [3.05, 3.63) is 152 Å². The van der Waals surface area contributed by atoms with E-state index in [-0.39, 0.29) is 0 Å². The fourth-order valence-corrected chi connectivity index (χ4v) is 7.10. The van der Waals surface area contributed by atoms with E-state index in [1.165, 1.54) is 0 Å². The molecule has 7 aromatic carbocycles. The highest BCUT2D eigenvalue weighted by Crippen LogP contribution is 2.52. The van der Waals surface area contributed by atoms with Crippen LogP contribution in [0.25, 0.3) is 76.9 Å². The van der Waals surface area contributed by atoms with Gasteiger partial charge in [0.1, 0.15) is 27.9 Å². The highest BCUT2D eigenvalue weighted by Gasteiger charge is 2.28. The van der Waals surface area contributed by atoms with Gasteiger partial charge in [-0.3, -0.25) is 0 Å². The lowest BCUT2D eigenvalue weighted by atomic mass is 9.98. The maximum atomic E-state index is 6.84. The highest BCUT2D eigenvalue weighted by atomic mass is 16.3. The van der Waals surface area contributed by atoms with Gasteiger partial charge in [-0.1, -0.05) is 103 Å². The lowest BCUT2D eigenvalue weighted by molar-refractivity contribution is 0.667. The van der Waals surface area contributed by atoms with Gasteiger partial charge in [-0.25, -0.2) is 0 Å². The summed E-state index contributed by atoms with van der Waals surface area (Å²) in [5.74, 6) is 0. The zero-order valence-corrected chi connectivity index (χ0v) is 24.6. The molecule has 10 rings (SSSR count). The van der Waals surface area contributed by atoms with E-state index in [0.29, 0.717) is 0 Å². The molecule has 4 heteroatoms. The van der Waals surface area contributed by atoms with Crippen LogP contribution in [0.4, 0.5) is 17.1 Å². The second kappa shape index (κ2) is 9.62. The molecule has 10 aromatic rings. The van der Waals surface area contributed by atoms with Crippen molar-refractivity contribution in [2.45, 2.75) is 0 Å². The maximum Gasteiger partial charge on any atom is 0.160 e. The standard InChI is InChI=1S/C42H25NO3/c1-2-12-26(13-3-1)27-24-25-29-28-14-4-7-19-34(28)46-42(29)41(27)43(32-17-10-22-37-39(32)30-15-5-8-20-35(30)44-37)33-18-11-23-38-40(33)31-16-6-9-21-36(31)45-38/h1-25H. The van der Waals surface area contributed by atoms with Crippen molar-refractivity contribution in [2.24, 2.45) is 0 Å². The van der Waals surface area contributed by atoms with Crippen molar-refractivity contribution in [1.29, 1.82) is 0 Å². The fraction of sp³-hybridized carbons (Fsp3) is 0. The van der Waals surface area contributed by atoms with E-state index < -0.39 is 0 Å². The van der Waals surface area contributed by atoms with Crippen LogP contribution in [0, 0.1) is 0 Å². The third kappa shape index (κ3) is 3.55. The molecule has 3 aromatic heterocycles. The van der Waals surface area contributed by atoms with Crippen LogP contribution in [0.5, 0.6) is 0 Å². The molecule has 216 valence electrons. The number of nitrogens with zero attached hydrogens (tertiary/aromatic N) is 1. The SMILES string of the molecule is c1ccc(-c2ccc3c(oc4ccccc43)c2N(c2cccc3oc4ccccc4c23)c2cccc3oc4ccccc4c23)cc1. The molecule has 3 heterocycles. The molecule has 0 atom stereocenters. The monoisotopic (exact) mass is 591 g/mol. The first-order valence-corrected chi connectivity index (χ1v) is 15.4. The van der Waals surface area contributed by atoms with Crippen LogP contribution in [-0.4, -0.2) is 0 Å². The van der Waals surface area contributed by atoms with Gasteiger partial charge in [-0.05, 0) is 54.1 Å². The van der Waals surface area contributed by atoms with Crippen molar-refractivity contribution < 1.29 is 13.3 Å². The number of hydrogen-bond acceptors (Lipinski definition) is 4. The number of fused-ring (bicyclic) bond motifs is 9. The van der Waals surface area contributed by atoms with Crippen molar-refractivity contribution in [3.8, 4) is 11.1 Å². The van der Waals surface area contributed by atoms with E-state index in [0.717, 1.165) is 94.0 Å². The molecular weight excluding hydrogens is 566 g/mol. The molecule has 0 fully saturated rings. The molecule has 46 heavy (non-hydrogen) atoms. The number of para-hydroxylation sites is 3. The largest absolute Gasteiger partial charge is 0.456 e. The number of benzene rings is 7. The summed E-state index contributed by atoms with van der Waals surface area (Å²) in [5.41, 5.74) is 10.1. The normalized spacial score (nSPS) is 11.9. The predicted octanol–water partition coefficient (Wildman–Crippen LogP) is 12.5. The molecule has 0 saturated carbocycles. The Morgan fingerprint density at radius 1 is 0.348 bits per heavy atom. The van der Waals surface area contributed by atoms with Crippen LogP contribution < -0.4 is 4.90 Å². The molecule has 0 bridgehead atoms. The average Bonchev–Trinajstić information content (AvgIpc) is 3.80. The first-order chi connectivity index (χ1) is 22.8. The van der Waals surface area contributed by atoms with E-state index >= 15 is 0 Å². The van der Waals surface area contributed by atoms with Gasteiger partial charge in [0.25, 0.3) is 0 Å². The lowest BCUT2D eigenvalue weighted by Gasteiger charge is -2.29. The zero-order chi connectivity index (χ0) is 30.2. The minimum absolute atomic E-state index is 0.817. The van der Waals surface area contributed by atoms with Crippen LogP contribution in [0.3, 0.4) is 0 Å². The second-order valence-electron chi connectivity index (χ2n) is 11.6. The first-order valence-electron chi connectivity index (χ1n) is 15.4. The highest BCUT2D eigenvalue weighted by molar-refractivity contribution is 6.21. The third-order valence-corrected chi connectivity index (χ3v) is 9.07. The van der Waals surface area contributed by atoms with Crippen molar-refractivity contribution in [3.63, 3.8) is 0 Å². The van der Waals surface area contributed by atoms with E-state index in [1.54, 1.807) is 0 Å². The summed E-state index contributed by atoms with van der Waals surface area (Å²) in [6, 6.07) is 52.3. The molecule has 0 radical (unpaired) electrons. The summed E-state index contributed by atoms with van der Waals surface area (Å²) in [6.45, 7) is 0. The van der Waals surface area contributed by atoms with Crippen molar-refractivity contribution in [1.82, 2.24) is 0 Å². The second-order valence-corrected chi connectivity index (χ2v) is 11.6. The van der Waals surface area contributed by atoms with E-state index in [9.17, 15) is 0 Å². The molecular formula is C42H25NO3. The zero-order valence-electron chi connectivity index (χ0n) is 24.6. The molecule has 0 N–H and O–H groups in total. The van der Waals surface area contributed by atoms with Crippen LogP contribution >= 0.6 is 0 Å². The minimum atomic E-state index is 0.817. The molecule has 4 nitrogen and oxygen atoms in total. The Labute approximate surface area is 263 Å². The molecule has 0 amide bonds. The van der Waals surface area contributed by atoms with E-state index in [2.05, 4.69) is 108 Å². The average molecular weight is 592 g/mol. The topological polar surface area (TPSA) is 42.7 Å². The third-order valence-electron chi connectivity index (χ3n) is 9.07. The van der Waals surface area contributed by atoms with Gasteiger partial charge in [0.15, 0.2) is 5.58 Å². The molecule has 0 spiro atoms. The van der Waals surface area contributed by atoms with Crippen LogP contribution in [-0.2, 0) is 0 Å². The van der Waals surface area contributed by atoms with Gasteiger partial charge in [-0.15, -0.1) is 0 Å². The summed E-state index contributed by atoms with van der Waals surface area (Å²) in [7, 11) is 0. The summed E-state index contributed by atoms with van der Waals surface area (Å²) in [6.07, 6.45) is 0. The predicted molar refractivity (Wildman–Crippen MR) is 188 cm³/mol. The van der Waals surface area contributed by atoms with Gasteiger partial charge >= 0.3 is 0 Å². The maximum absolute atomic E-state index is 6.84. The van der Waals surface area contributed by atoms with Crippen molar-refractivity contribution in [2.75, 3.05) is 4.90 Å². The Bertz CT molecular complexity index is 2650. The smallest absolute Gasteiger partial charge is 0.160 e. The van der Waals surface area contributed by atoms with Gasteiger partial charge in [0.2, 0.25) is 0 Å². The molecule has 0 aliphatic carbocycles. The summed E-state index contributed by atoms with van der Waals surface area (Å²) in [5, 5.41) is 6.33. The van der Waals surface area contributed by atoms with Crippen molar-refractivity contribution >= 4 is 82.9 Å². The van der Waals surface area contributed by atoms with Crippen LogP contribution in [0.2, 0.25) is 0 Å². The lowest BCUT2D eigenvalue weighted by Crippen LogP contribution is -2.12. The van der Waals surface area contributed by atoms with Gasteiger partial charge in [0.05, 0.1) is 27.8 Å². The number of furan rings is 3. The quantitative estimate of drug-likeness (QED) is 0.204. The molecule has 0 unspecified atom stereocenters. The molecule has 0 saturated heterocycles. The molecule has 0 aliphatic heterocycles. The van der Waals surface area contributed by atoms with Crippen LogP contribution in [0.15, 0.2) is 165 Å². The summed E-state index contributed by atoms with van der Waals surface area (Å²) >= 11 is 0. The number of hydrogen-bond donors (Lipinski definition) is 0. The summed E-state index contributed by atoms with van der Waals surface area (Å²) < 4.78 is 19.7. The van der Waals surface area contributed by atoms with E-state index in [4.69, 9.17) is 13.3 Å². The van der Waals surface area contributed by atoms with Gasteiger partial charge < -0.3 is 18.2 Å². The molecule has 0 aliphatic rings. The van der Waals surface area contributed by atoms with Gasteiger partial charge in [0, 0.05) is 27.1 Å². The Balaban J connectivity index is 1.43. The number of rotatable bonds is 4. The Morgan fingerprint density at radius 3 is 1.46 bits per heavy atom. The first kappa shape index (κ1) is 25.1.